The second-order valence-electron chi connectivity index (χ2n) is 7.36. The SMILES string of the molecule is CCCn1c(S[C@@H](C)C(=O)/C=C2/N(C)c3ccccc3C2(C)C)n[nH]c1=O. The molecule has 0 saturated carbocycles. The lowest BCUT2D eigenvalue weighted by Gasteiger charge is -2.24. The van der Waals surface area contributed by atoms with Gasteiger partial charge in [0.15, 0.2) is 10.9 Å². The number of H-pyrrole nitrogens is 1. The van der Waals surface area contributed by atoms with Crippen LogP contribution >= 0.6 is 11.8 Å². The molecule has 3 rings (SSSR count). The number of fused-ring (bicyclic) bond motifs is 1. The minimum atomic E-state index is -0.337. The molecule has 0 saturated heterocycles. The van der Waals surface area contributed by atoms with Crippen molar-refractivity contribution in [2.45, 2.75) is 56.5 Å². The number of allylic oxidation sites excluding steroid dienone is 2. The van der Waals surface area contributed by atoms with Gasteiger partial charge in [-0.25, -0.2) is 9.89 Å². The summed E-state index contributed by atoms with van der Waals surface area (Å²) < 4.78 is 1.59. The third-order valence-electron chi connectivity index (χ3n) is 5.07. The number of benzene rings is 1. The summed E-state index contributed by atoms with van der Waals surface area (Å²) in [5.74, 6) is 0.0150. The van der Waals surface area contributed by atoms with E-state index >= 15 is 0 Å². The number of carbonyl (C=O) groups is 1. The fraction of sp³-hybridized carbons (Fsp3) is 0.450. The maximum absolute atomic E-state index is 12.9. The first-order valence-corrected chi connectivity index (χ1v) is 10.1. The van der Waals surface area contributed by atoms with Crippen LogP contribution in [-0.4, -0.2) is 32.8 Å². The smallest absolute Gasteiger partial charge is 0.343 e. The Labute approximate surface area is 163 Å². The fourth-order valence-electron chi connectivity index (χ4n) is 3.54. The van der Waals surface area contributed by atoms with Gasteiger partial charge in [0.1, 0.15) is 0 Å². The number of para-hydroxylation sites is 1. The van der Waals surface area contributed by atoms with Crippen molar-refractivity contribution in [2.24, 2.45) is 0 Å². The van der Waals surface area contributed by atoms with Crippen LogP contribution in [-0.2, 0) is 16.8 Å². The summed E-state index contributed by atoms with van der Waals surface area (Å²) in [5, 5.41) is 6.76. The zero-order valence-corrected chi connectivity index (χ0v) is 17.3. The van der Waals surface area contributed by atoms with Crippen LogP contribution in [0.3, 0.4) is 0 Å². The van der Waals surface area contributed by atoms with E-state index in [-0.39, 0.29) is 22.1 Å². The van der Waals surface area contributed by atoms with Crippen molar-refractivity contribution in [2.75, 3.05) is 11.9 Å². The number of likely N-dealkylation sites (N-methyl/N-ethyl adjacent to an activating group) is 1. The highest BCUT2D eigenvalue weighted by atomic mass is 32.2. The largest absolute Gasteiger partial charge is 0.347 e. The molecule has 6 nitrogen and oxygen atoms in total. The van der Waals surface area contributed by atoms with Crippen molar-refractivity contribution in [1.29, 1.82) is 0 Å². The van der Waals surface area contributed by atoms with Gasteiger partial charge in [0, 0.05) is 36.5 Å². The van der Waals surface area contributed by atoms with Gasteiger partial charge < -0.3 is 4.90 Å². The monoisotopic (exact) mass is 386 g/mol. The van der Waals surface area contributed by atoms with Crippen LogP contribution in [0.25, 0.3) is 0 Å². The number of carbonyl (C=O) groups excluding carboxylic acids is 1. The highest BCUT2D eigenvalue weighted by Crippen LogP contribution is 2.46. The van der Waals surface area contributed by atoms with Crippen molar-refractivity contribution in [1.82, 2.24) is 14.8 Å². The standard InChI is InChI=1S/C20H26N4O2S/c1-6-11-24-18(26)21-22-19(24)27-13(2)16(25)12-17-20(3,4)14-9-7-8-10-15(14)23(17)5/h7-10,12-13H,6,11H2,1-5H3,(H,21,26)/b17-12+/t13-/m0/s1. The molecule has 2 heterocycles. The van der Waals surface area contributed by atoms with Gasteiger partial charge in [0.05, 0.1) is 5.25 Å². The van der Waals surface area contributed by atoms with Gasteiger partial charge >= 0.3 is 5.69 Å². The van der Waals surface area contributed by atoms with Crippen molar-refractivity contribution < 1.29 is 4.79 Å². The van der Waals surface area contributed by atoms with Crippen LogP contribution in [0.1, 0.15) is 39.7 Å². The number of aromatic amines is 1. The van der Waals surface area contributed by atoms with E-state index in [1.54, 1.807) is 10.6 Å². The van der Waals surface area contributed by atoms with Gasteiger partial charge in [-0.1, -0.05) is 50.7 Å². The molecule has 1 aliphatic rings. The van der Waals surface area contributed by atoms with Crippen LogP contribution in [0.5, 0.6) is 0 Å². The summed E-state index contributed by atoms with van der Waals surface area (Å²) in [4.78, 5) is 26.8. The molecule has 27 heavy (non-hydrogen) atoms. The molecule has 0 amide bonds. The van der Waals surface area contributed by atoms with Crippen molar-refractivity contribution in [3.05, 3.63) is 52.1 Å². The third kappa shape index (κ3) is 3.48. The van der Waals surface area contributed by atoms with E-state index in [2.05, 4.69) is 41.1 Å². The number of nitrogens with zero attached hydrogens (tertiary/aromatic N) is 3. The fourth-order valence-corrected chi connectivity index (χ4v) is 4.44. The zero-order chi connectivity index (χ0) is 19.8. The molecule has 0 fully saturated rings. The van der Waals surface area contributed by atoms with Gasteiger partial charge in [0.25, 0.3) is 0 Å². The minimum Gasteiger partial charge on any atom is -0.347 e. The third-order valence-corrected chi connectivity index (χ3v) is 6.18. The van der Waals surface area contributed by atoms with Crippen molar-refractivity contribution >= 4 is 23.2 Å². The van der Waals surface area contributed by atoms with E-state index in [1.807, 2.05) is 33.0 Å². The Morgan fingerprint density at radius 2 is 2.07 bits per heavy atom. The van der Waals surface area contributed by atoms with Crippen molar-refractivity contribution in [3.63, 3.8) is 0 Å². The Morgan fingerprint density at radius 3 is 2.74 bits per heavy atom. The highest BCUT2D eigenvalue weighted by Gasteiger charge is 2.38. The average Bonchev–Trinajstić information content (AvgIpc) is 3.07. The molecule has 1 N–H and O–H groups in total. The van der Waals surface area contributed by atoms with Gasteiger partial charge in [0.2, 0.25) is 0 Å². The number of anilines is 1. The maximum atomic E-state index is 12.9. The quantitative estimate of drug-likeness (QED) is 0.609. The lowest BCUT2D eigenvalue weighted by Crippen LogP contribution is -2.25. The molecule has 0 aliphatic carbocycles. The van der Waals surface area contributed by atoms with Crippen LogP contribution in [0.4, 0.5) is 5.69 Å². The van der Waals surface area contributed by atoms with Crippen LogP contribution in [0, 0.1) is 0 Å². The Balaban J connectivity index is 1.84. The number of aromatic nitrogens is 3. The summed E-state index contributed by atoms with van der Waals surface area (Å²) >= 11 is 1.32. The number of nitrogens with one attached hydrogen (secondary N) is 1. The maximum Gasteiger partial charge on any atom is 0.343 e. The molecule has 1 aromatic heterocycles. The molecule has 0 bridgehead atoms. The van der Waals surface area contributed by atoms with E-state index < -0.39 is 0 Å². The average molecular weight is 387 g/mol. The predicted octanol–water partition coefficient (Wildman–Crippen LogP) is 3.34. The Morgan fingerprint density at radius 1 is 1.37 bits per heavy atom. The molecule has 0 unspecified atom stereocenters. The number of hydrogen-bond donors (Lipinski definition) is 1. The van der Waals surface area contributed by atoms with Crippen LogP contribution < -0.4 is 10.6 Å². The molecular formula is C20H26N4O2S. The first-order chi connectivity index (χ1) is 12.8. The summed E-state index contributed by atoms with van der Waals surface area (Å²) in [6.45, 7) is 8.72. The number of hydrogen-bond acceptors (Lipinski definition) is 5. The molecule has 1 aliphatic heterocycles. The summed E-state index contributed by atoms with van der Waals surface area (Å²) in [5.41, 5.74) is 2.86. The molecule has 144 valence electrons. The van der Waals surface area contributed by atoms with Gasteiger partial charge in [-0.15, -0.1) is 5.10 Å². The Hall–Kier alpha value is -2.28. The zero-order valence-electron chi connectivity index (χ0n) is 16.4. The first kappa shape index (κ1) is 19.5. The predicted molar refractivity (Wildman–Crippen MR) is 109 cm³/mol. The van der Waals surface area contributed by atoms with Crippen LogP contribution in [0.15, 0.2) is 46.0 Å². The topological polar surface area (TPSA) is 71.0 Å². The van der Waals surface area contributed by atoms with Crippen molar-refractivity contribution in [3.8, 4) is 0 Å². The van der Waals surface area contributed by atoms with Gasteiger partial charge in [-0.2, -0.15) is 0 Å². The van der Waals surface area contributed by atoms with Gasteiger partial charge in [-0.3, -0.25) is 9.36 Å². The first-order valence-electron chi connectivity index (χ1n) is 9.18. The van der Waals surface area contributed by atoms with E-state index in [1.165, 1.54) is 17.3 Å². The molecular weight excluding hydrogens is 360 g/mol. The van der Waals surface area contributed by atoms with E-state index in [0.29, 0.717) is 11.7 Å². The number of rotatable bonds is 6. The molecule has 1 aromatic carbocycles. The number of ketones is 1. The lowest BCUT2D eigenvalue weighted by atomic mass is 9.83. The van der Waals surface area contributed by atoms with E-state index in [4.69, 9.17) is 0 Å². The molecule has 1 atom stereocenters. The Bertz CT molecular complexity index is 941. The molecule has 0 spiro atoms. The number of thioether (sulfide) groups is 1. The molecule has 2 aromatic rings. The summed E-state index contributed by atoms with van der Waals surface area (Å²) in [6.07, 6.45) is 2.57. The van der Waals surface area contributed by atoms with Crippen LogP contribution in [0.2, 0.25) is 0 Å². The second kappa shape index (κ2) is 7.38. The Kier molecular flexibility index (Phi) is 5.33. The lowest BCUT2D eigenvalue weighted by molar-refractivity contribution is -0.114. The highest BCUT2D eigenvalue weighted by molar-refractivity contribution is 8.00. The summed E-state index contributed by atoms with van der Waals surface area (Å²) in [6, 6.07) is 8.23. The van der Waals surface area contributed by atoms with E-state index in [9.17, 15) is 9.59 Å². The normalized spacial score (nSPS) is 18.0. The molecule has 7 heteroatoms. The van der Waals surface area contributed by atoms with E-state index in [0.717, 1.165) is 17.8 Å². The summed E-state index contributed by atoms with van der Waals surface area (Å²) in [7, 11) is 2.00. The minimum absolute atomic E-state index is 0.0150. The van der Waals surface area contributed by atoms with Gasteiger partial charge in [-0.05, 0) is 25.0 Å². The second-order valence-corrected chi connectivity index (χ2v) is 8.66. The molecule has 0 radical (unpaired) electrons.